The van der Waals surface area contributed by atoms with E-state index in [2.05, 4.69) is 21.2 Å². The van der Waals surface area contributed by atoms with Crippen LogP contribution in [0.15, 0.2) is 39.2 Å². The van der Waals surface area contributed by atoms with Gasteiger partial charge in [0.25, 0.3) is 0 Å². The van der Waals surface area contributed by atoms with Gasteiger partial charge in [-0.2, -0.15) is 0 Å². The van der Waals surface area contributed by atoms with Gasteiger partial charge in [0, 0.05) is 10.0 Å². The first-order valence-electron chi connectivity index (χ1n) is 5.45. The first-order chi connectivity index (χ1) is 8.20. The maximum absolute atomic E-state index is 13.2. The van der Waals surface area contributed by atoms with Crippen molar-refractivity contribution in [2.24, 2.45) is 0 Å². The second kappa shape index (κ2) is 5.47. The Bertz CT molecular complexity index is 510. The summed E-state index contributed by atoms with van der Waals surface area (Å²) in [7, 11) is 0. The van der Waals surface area contributed by atoms with E-state index in [0.717, 1.165) is 22.3 Å². The van der Waals surface area contributed by atoms with Gasteiger partial charge in [0.05, 0.1) is 6.54 Å². The number of nitrogens with one attached hydrogen (secondary N) is 1. The average Bonchev–Trinajstić information content (AvgIpc) is 2.78. The molecule has 2 aromatic rings. The van der Waals surface area contributed by atoms with Crippen LogP contribution >= 0.6 is 15.9 Å². The van der Waals surface area contributed by atoms with Gasteiger partial charge >= 0.3 is 0 Å². The predicted molar refractivity (Wildman–Crippen MR) is 69.2 cm³/mol. The third kappa shape index (κ3) is 2.96. The van der Waals surface area contributed by atoms with Crippen molar-refractivity contribution >= 4 is 15.9 Å². The molecule has 0 saturated heterocycles. The lowest BCUT2D eigenvalue weighted by Gasteiger charge is -2.01. The van der Waals surface area contributed by atoms with E-state index in [1.54, 1.807) is 6.07 Å². The van der Waals surface area contributed by atoms with Crippen LogP contribution in [0.25, 0.3) is 11.3 Å². The van der Waals surface area contributed by atoms with Gasteiger partial charge < -0.3 is 9.73 Å². The highest BCUT2D eigenvalue weighted by atomic mass is 79.9. The van der Waals surface area contributed by atoms with E-state index in [1.165, 1.54) is 12.1 Å². The van der Waals surface area contributed by atoms with Crippen molar-refractivity contribution < 1.29 is 8.81 Å². The summed E-state index contributed by atoms with van der Waals surface area (Å²) >= 11 is 3.39. The minimum absolute atomic E-state index is 0.271. The van der Waals surface area contributed by atoms with Crippen molar-refractivity contribution in [2.75, 3.05) is 6.54 Å². The molecule has 0 aliphatic rings. The van der Waals surface area contributed by atoms with Crippen molar-refractivity contribution in [3.63, 3.8) is 0 Å². The lowest BCUT2D eigenvalue weighted by Crippen LogP contribution is -2.10. The highest BCUT2D eigenvalue weighted by Gasteiger charge is 2.09. The molecule has 1 heterocycles. The maximum atomic E-state index is 13.2. The third-order valence-electron chi connectivity index (χ3n) is 2.40. The lowest BCUT2D eigenvalue weighted by molar-refractivity contribution is 0.498. The molecule has 0 fully saturated rings. The van der Waals surface area contributed by atoms with Crippen molar-refractivity contribution in [2.45, 2.75) is 13.5 Å². The van der Waals surface area contributed by atoms with Gasteiger partial charge in [0.15, 0.2) is 0 Å². The zero-order valence-electron chi connectivity index (χ0n) is 9.47. The van der Waals surface area contributed by atoms with Gasteiger partial charge in [-0.3, -0.25) is 0 Å². The number of furan rings is 1. The summed E-state index contributed by atoms with van der Waals surface area (Å²) in [4.78, 5) is 0. The second-order valence-corrected chi connectivity index (χ2v) is 4.52. The molecule has 0 aliphatic heterocycles. The smallest absolute Gasteiger partial charge is 0.135 e. The molecule has 1 aromatic heterocycles. The monoisotopic (exact) mass is 297 g/mol. The van der Waals surface area contributed by atoms with Crippen molar-refractivity contribution in [3.8, 4) is 11.3 Å². The lowest BCUT2D eigenvalue weighted by atomic mass is 10.2. The second-order valence-electron chi connectivity index (χ2n) is 3.67. The van der Waals surface area contributed by atoms with Gasteiger partial charge in [-0.25, -0.2) is 4.39 Å². The van der Waals surface area contributed by atoms with Crippen LogP contribution in [0, 0.1) is 5.82 Å². The Labute approximate surface area is 108 Å². The SMILES string of the molecule is CCNCc1ccc(-c2cc(F)ccc2Br)o1. The number of hydrogen-bond acceptors (Lipinski definition) is 2. The first-order valence-corrected chi connectivity index (χ1v) is 6.25. The fourth-order valence-corrected chi connectivity index (χ4v) is 1.99. The fourth-order valence-electron chi connectivity index (χ4n) is 1.55. The molecule has 1 N–H and O–H groups in total. The summed E-state index contributed by atoms with van der Waals surface area (Å²) in [6, 6.07) is 8.30. The Kier molecular flexibility index (Phi) is 3.97. The van der Waals surface area contributed by atoms with Crippen molar-refractivity contribution in [1.29, 1.82) is 0 Å². The van der Waals surface area contributed by atoms with Crippen molar-refractivity contribution in [1.82, 2.24) is 5.32 Å². The van der Waals surface area contributed by atoms with E-state index in [-0.39, 0.29) is 5.82 Å². The molecule has 0 atom stereocenters. The van der Waals surface area contributed by atoms with Crippen LogP contribution in [0.4, 0.5) is 4.39 Å². The van der Waals surface area contributed by atoms with E-state index in [1.807, 2.05) is 19.1 Å². The molecule has 2 nitrogen and oxygen atoms in total. The van der Waals surface area contributed by atoms with E-state index >= 15 is 0 Å². The van der Waals surface area contributed by atoms with E-state index in [0.29, 0.717) is 12.3 Å². The van der Waals surface area contributed by atoms with Gasteiger partial charge in [0.2, 0.25) is 0 Å². The number of rotatable bonds is 4. The Hall–Kier alpha value is -1.13. The van der Waals surface area contributed by atoms with Crippen LogP contribution in [-0.4, -0.2) is 6.54 Å². The molecule has 90 valence electrons. The fraction of sp³-hybridized carbons (Fsp3) is 0.231. The molecular formula is C13H13BrFNO. The Morgan fingerprint density at radius 2 is 2.12 bits per heavy atom. The third-order valence-corrected chi connectivity index (χ3v) is 3.10. The molecular weight excluding hydrogens is 285 g/mol. The average molecular weight is 298 g/mol. The largest absolute Gasteiger partial charge is 0.460 e. The Balaban J connectivity index is 2.27. The summed E-state index contributed by atoms with van der Waals surface area (Å²) in [5.41, 5.74) is 0.729. The normalized spacial score (nSPS) is 10.8. The molecule has 0 radical (unpaired) electrons. The van der Waals surface area contributed by atoms with Crippen molar-refractivity contribution in [3.05, 3.63) is 46.4 Å². The number of benzene rings is 1. The summed E-state index contributed by atoms with van der Waals surface area (Å²) in [6.07, 6.45) is 0. The van der Waals surface area contributed by atoms with E-state index in [4.69, 9.17) is 4.42 Å². The first kappa shape index (κ1) is 12.3. The zero-order chi connectivity index (χ0) is 12.3. The molecule has 0 saturated carbocycles. The minimum Gasteiger partial charge on any atom is -0.460 e. The highest BCUT2D eigenvalue weighted by Crippen LogP contribution is 2.30. The summed E-state index contributed by atoms with van der Waals surface area (Å²) in [5.74, 6) is 1.25. The molecule has 4 heteroatoms. The predicted octanol–water partition coefficient (Wildman–Crippen LogP) is 3.96. The Morgan fingerprint density at radius 1 is 1.29 bits per heavy atom. The molecule has 0 spiro atoms. The van der Waals surface area contributed by atoms with Gasteiger partial charge in [-0.1, -0.05) is 22.9 Å². The molecule has 0 aliphatic carbocycles. The van der Waals surface area contributed by atoms with E-state index < -0.39 is 0 Å². The molecule has 1 aromatic carbocycles. The quantitative estimate of drug-likeness (QED) is 0.924. The topological polar surface area (TPSA) is 25.2 Å². The molecule has 2 rings (SSSR count). The van der Waals surface area contributed by atoms with Crippen LogP contribution in [0.2, 0.25) is 0 Å². The molecule has 17 heavy (non-hydrogen) atoms. The molecule has 0 unspecified atom stereocenters. The standard InChI is InChI=1S/C13H13BrFNO/c1-2-16-8-10-4-6-13(17-10)11-7-9(15)3-5-12(11)14/h3-7,16H,2,8H2,1H3. The summed E-state index contributed by atoms with van der Waals surface area (Å²) < 4.78 is 19.6. The minimum atomic E-state index is -0.271. The molecule has 0 bridgehead atoms. The zero-order valence-corrected chi connectivity index (χ0v) is 11.1. The summed E-state index contributed by atoms with van der Waals surface area (Å²) in [6.45, 7) is 3.61. The van der Waals surface area contributed by atoms with Crippen LogP contribution in [-0.2, 0) is 6.54 Å². The van der Waals surface area contributed by atoms with Crippen LogP contribution in [0.5, 0.6) is 0 Å². The van der Waals surface area contributed by atoms with Gasteiger partial charge in [-0.05, 0) is 36.9 Å². The van der Waals surface area contributed by atoms with Crippen LogP contribution < -0.4 is 5.32 Å². The molecule has 0 amide bonds. The number of hydrogen-bond donors (Lipinski definition) is 1. The van der Waals surface area contributed by atoms with Gasteiger partial charge in [-0.15, -0.1) is 0 Å². The highest BCUT2D eigenvalue weighted by molar-refractivity contribution is 9.10. The van der Waals surface area contributed by atoms with Crippen LogP contribution in [0.1, 0.15) is 12.7 Å². The van der Waals surface area contributed by atoms with Crippen LogP contribution in [0.3, 0.4) is 0 Å². The van der Waals surface area contributed by atoms with E-state index in [9.17, 15) is 4.39 Å². The number of halogens is 2. The maximum Gasteiger partial charge on any atom is 0.135 e. The Morgan fingerprint density at radius 3 is 2.88 bits per heavy atom. The van der Waals surface area contributed by atoms with Gasteiger partial charge in [0.1, 0.15) is 17.3 Å². The summed E-state index contributed by atoms with van der Waals surface area (Å²) in [5, 5.41) is 3.18.